The quantitative estimate of drug-likeness (QED) is 0.0437. The maximum atomic E-state index is 12.6. The van der Waals surface area contributed by atoms with E-state index in [2.05, 4.69) is 211 Å². The average molecular weight is 2020 g/mol. The van der Waals surface area contributed by atoms with E-state index in [4.69, 9.17) is 27.2 Å². The Balaban J connectivity index is 0.000000202. The van der Waals surface area contributed by atoms with Gasteiger partial charge in [-0.2, -0.15) is 0 Å². The predicted molar refractivity (Wildman–Crippen MR) is 591 cm³/mol. The van der Waals surface area contributed by atoms with Gasteiger partial charge in [-0.3, -0.25) is 34.7 Å². The number of aromatic nitrogens is 8. The Hall–Kier alpha value is -13.2. The van der Waals surface area contributed by atoms with Gasteiger partial charge in [0.05, 0.1) is 39.8 Å². The van der Waals surface area contributed by atoms with E-state index in [0.717, 1.165) is 129 Å². The highest BCUT2D eigenvalue weighted by Gasteiger charge is 2.25. The Bertz CT molecular complexity index is 7040. The maximum absolute atomic E-state index is 12.6. The molecule has 21 nitrogen and oxygen atoms in total. The van der Waals surface area contributed by atoms with Crippen LogP contribution in [0.5, 0.6) is 5.75 Å². The number of ether oxygens (including phenoxy) is 1. The van der Waals surface area contributed by atoms with Gasteiger partial charge in [0.1, 0.15) is 11.6 Å². The summed E-state index contributed by atoms with van der Waals surface area (Å²) in [4.78, 5) is 46.8. The number of sulfone groups is 1. The van der Waals surface area contributed by atoms with Crippen molar-refractivity contribution < 1.29 is 39.9 Å². The fraction of sp³-hybridized carbons (Fsp3) is 0.303. The minimum atomic E-state index is -3.69. The minimum Gasteiger partial charge on any atom is -0.495 e. The molecular weight excluding hydrogens is 1870 g/mol. The number of hydrogen-bond donors (Lipinski definition) is 4. The van der Waals surface area contributed by atoms with E-state index < -0.39 is 35.8 Å². The van der Waals surface area contributed by atoms with Crippen LogP contribution in [0.15, 0.2) is 312 Å². The summed E-state index contributed by atoms with van der Waals surface area (Å²) in [5, 5.41) is 18.5. The van der Waals surface area contributed by atoms with E-state index in [1.54, 1.807) is 79.9 Å². The summed E-state index contributed by atoms with van der Waals surface area (Å²) in [6, 6.07) is 76.0. The molecule has 8 aromatic heterocycles. The summed E-state index contributed by atoms with van der Waals surface area (Å²) in [6.45, 7) is 48.2. The Morgan fingerprint density at radius 2 is 0.812 bits per heavy atom. The molecule has 15 rings (SSSR count). The third-order valence-corrected chi connectivity index (χ3v) is 28.7. The SMILES string of the molecule is CC(C)c1ccc(-c2ccccc2Cl)nc1.CC(C)c1ccc(C(C)C)nc1.COc1ccccc1Nc1ccc(C(C)C)cn1.Cc1ccc(S(=O)(=O)c2ncccc2C(C)C)cc1.Cc1ncc(C(C)C)cc1-c1ccc(C(N)=O)cc1.Cc1ncc(C(C)C)cc1-c1cccc(CO)c1.Cc1ncc(C(C)C)cc1-c1cccc(S(=O)(=O)N(C)C)c1.Cc1ncc(C(C)C)cc1-c1cccc(S(N)(=O)=O)c1. The Morgan fingerprint density at radius 1 is 0.389 bits per heavy atom. The smallest absolute Gasteiger partial charge is 0.248 e. The normalized spacial score (nSPS) is 11.3. The van der Waals surface area contributed by atoms with Gasteiger partial charge >= 0.3 is 0 Å². The average Bonchev–Trinajstić information content (AvgIpc) is 0.787. The van der Waals surface area contributed by atoms with Crippen LogP contribution >= 0.6 is 11.6 Å². The lowest BCUT2D eigenvalue weighted by molar-refractivity contribution is 0.1000. The highest BCUT2D eigenvalue weighted by molar-refractivity contribution is 7.91. The molecule has 8 heterocycles. The molecule has 0 aliphatic rings. The van der Waals surface area contributed by atoms with E-state index >= 15 is 0 Å². The number of para-hydroxylation sites is 2. The molecule has 0 atom stereocenters. The van der Waals surface area contributed by atoms with E-state index in [0.29, 0.717) is 62.7 Å². The molecule has 0 unspecified atom stereocenters. The minimum absolute atomic E-state index is 0.0736. The first-order chi connectivity index (χ1) is 68.0. The number of hydrogen-bond acceptors (Lipinski definition) is 18. The number of carbonyl (C=O) groups excluding carboxylic acids is 1. The number of nitrogens with one attached hydrogen (secondary N) is 1. The number of aliphatic hydroxyl groups excluding tert-OH is 1. The highest BCUT2D eigenvalue weighted by atomic mass is 35.5. The number of anilines is 2. The standard InChI is InChI=1S/C17H22N2O2S.C16H18N2O.C16H19NO.C15H18N2O2S.C15H18N2O.C15H17NO2S.C14H14ClN.C11H17N/c1-12(2)15-10-17(13(3)18-11-15)14-7-6-8-16(9-14)22(20,21)19(4)5;1-10(2)14-8-15(11(3)18-9-14)12-4-6-13(7-5-12)16(17)19;1-11(2)15-8-16(12(3)17-9-15)14-6-4-5-13(7-14)10-18;1-10(2)13-8-15(11(3)17-9-13)12-5-4-6-14(7-12)20(16,18)19;1-11(2)12-8-9-15(16-10-12)17-13-6-4-5-7-14(13)18-3;1-11(2)14-5-4-10-16-15(14)19(17,18)13-8-6-12(3)7-9-13;1-10(2)11-7-8-14(16-9-11)12-5-3-4-6-13(12)15;1-8(2)10-5-6-11(9(3)4)12-7-10/h6-12H,1-5H3;4-10H,1-3H3,(H2,17,19);4-9,11,18H,10H2,1-3H3;4-10H,1-3H3,(H2,16,18,19);4-11H,1-3H3,(H,16,17);4-11H,1-3H3;3-10H,1-2H3;5-9H,1-4H3. The lowest BCUT2D eigenvalue weighted by Gasteiger charge is -2.14. The highest BCUT2D eigenvalue weighted by Crippen LogP contribution is 2.36. The van der Waals surface area contributed by atoms with Crippen molar-refractivity contribution in [2.75, 3.05) is 26.5 Å². The molecule has 758 valence electrons. The van der Waals surface area contributed by atoms with Crippen LogP contribution in [0.3, 0.4) is 0 Å². The van der Waals surface area contributed by atoms with Gasteiger partial charge in [-0.05, 0) is 282 Å². The topological polar surface area (TPSA) is 319 Å². The largest absolute Gasteiger partial charge is 0.495 e. The summed E-state index contributed by atoms with van der Waals surface area (Å²) < 4.78 is 79.2. The molecule has 0 aliphatic carbocycles. The van der Waals surface area contributed by atoms with Crippen molar-refractivity contribution in [2.45, 2.75) is 239 Å². The van der Waals surface area contributed by atoms with Crippen molar-refractivity contribution >= 4 is 58.9 Å². The van der Waals surface area contributed by atoms with Crippen molar-refractivity contribution in [3.05, 3.63) is 387 Å². The third-order valence-electron chi connectivity index (χ3n) is 23.9. The maximum Gasteiger partial charge on any atom is 0.248 e. The zero-order valence-electron chi connectivity index (χ0n) is 88.1. The molecule has 25 heteroatoms. The molecular formula is C119H143ClN12O9S3. The molecule has 0 fully saturated rings. The van der Waals surface area contributed by atoms with Crippen LogP contribution in [0.1, 0.15) is 272 Å². The number of amides is 1. The zero-order chi connectivity index (χ0) is 106. The number of aryl methyl sites for hydroxylation is 5. The molecule has 15 aromatic rings. The number of carbonyl (C=O) groups is 1. The number of methoxy groups -OCH3 is 1. The molecule has 7 aromatic carbocycles. The number of nitrogens with two attached hydrogens (primary N) is 2. The van der Waals surface area contributed by atoms with Gasteiger partial charge < -0.3 is 20.9 Å². The van der Waals surface area contributed by atoms with Gasteiger partial charge in [-0.1, -0.05) is 263 Å². The van der Waals surface area contributed by atoms with Gasteiger partial charge in [0, 0.05) is 131 Å². The molecule has 6 N–H and O–H groups in total. The number of sulfonamides is 2. The predicted octanol–water partition coefficient (Wildman–Crippen LogP) is 28.4. The Morgan fingerprint density at radius 3 is 1.22 bits per heavy atom. The van der Waals surface area contributed by atoms with Crippen LogP contribution in [0.2, 0.25) is 5.02 Å². The number of aliphatic hydroxyl groups is 1. The van der Waals surface area contributed by atoms with Crippen LogP contribution in [-0.2, 0) is 36.5 Å². The van der Waals surface area contributed by atoms with E-state index in [1.807, 2.05) is 201 Å². The molecule has 0 bridgehead atoms. The second-order valence-electron chi connectivity index (χ2n) is 38.2. The fourth-order valence-corrected chi connectivity index (χ4v) is 17.7. The summed E-state index contributed by atoms with van der Waals surface area (Å²) in [5.74, 6) is 5.12. The number of nitrogens with zero attached hydrogens (tertiary/aromatic N) is 9. The lowest BCUT2D eigenvalue weighted by Crippen LogP contribution is -2.22. The second kappa shape index (κ2) is 54.5. The first-order valence-corrected chi connectivity index (χ1v) is 53.3. The summed E-state index contributed by atoms with van der Waals surface area (Å²) in [7, 11) is -5.94. The van der Waals surface area contributed by atoms with Crippen LogP contribution in [-0.4, -0.2) is 102 Å². The first-order valence-electron chi connectivity index (χ1n) is 48.5. The van der Waals surface area contributed by atoms with Gasteiger partial charge in [0.2, 0.25) is 35.8 Å². The zero-order valence-corrected chi connectivity index (χ0v) is 91.3. The molecule has 0 aliphatic heterocycles. The number of primary sulfonamides is 1. The number of benzene rings is 7. The van der Waals surface area contributed by atoms with Crippen LogP contribution in [0.25, 0.3) is 55.8 Å². The summed E-state index contributed by atoms with van der Waals surface area (Å²) >= 11 is 6.12. The van der Waals surface area contributed by atoms with Crippen molar-refractivity contribution in [3.8, 4) is 61.5 Å². The van der Waals surface area contributed by atoms with Crippen molar-refractivity contribution in [1.82, 2.24) is 44.2 Å². The van der Waals surface area contributed by atoms with Crippen molar-refractivity contribution in [1.29, 1.82) is 0 Å². The van der Waals surface area contributed by atoms with Gasteiger partial charge in [0.25, 0.3) is 0 Å². The third kappa shape index (κ3) is 33.7. The van der Waals surface area contributed by atoms with E-state index in [-0.39, 0.29) is 22.4 Å². The van der Waals surface area contributed by atoms with E-state index in [9.17, 15) is 35.2 Å². The first kappa shape index (κ1) is 116. The Labute approximate surface area is 861 Å². The van der Waals surface area contributed by atoms with Crippen molar-refractivity contribution in [2.24, 2.45) is 10.9 Å². The molecule has 1 amide bonds. The molecule has 0 spiro atoms. The van der Waals surface area contributed by atoms with Crippen LogP contribution in [0.4, 0.5) is 11.5 Å². The monoisotopic (exact) mass is 2010 g/mol. The second-order valence-corrected chi connectivity index (χ2v) is 44.2. The number of pyridine rings is 8. The molecule has 0 saturated heterocycles. The molecule has 0 saturated carbocycles. The number of rotatable bonds is 24. The number of primary amides is 1. The summed E-state index contributed by atoms with van der Waals surface area (Å²) in [6.07, 6.45) is 14.9. The van der Waals surface area contributed by atoms with E-state index in [1.165, 1.54) is 64.2 Å². The summed E-state index contributed by atoms with van der Waals surface area (Å²) in [5.41, 5.74) is 32.8. The Kier molecular flexibility index (Phi) is 43.9. The fourth-order valence-electron chi connectivity index (χ4n) is 14.4. The molecule has 0 radical (unpaired) electrons. The van der Waals surface area contributed by atoms with Gasteiger partial charge in [-0.25, -0.2) is 44.7 Å². The number of halogens is 1. The molecule has 144 heavy (non-hydrogen) atoms. The van der Waals surface area contributed by atoms with Gasteiger partial charge in [0.15, 0.2) is 5.03 Å². The lowest BCUT2D eigenvalue weighted by atomic mass is 9.97. The van der Waals surface area contributed by atoms with Crippen molar-refractivity contribution in [3.63, 3.8) is 0 Å². The van der Waals surface area contributed by atoms with Crippen LogP contribution in [0, 0.1) is 34.6 Å². The van der Waals surface area contributed by atoms with Gasteiger partial charge in [-0.15, -0.1) is 0 Å². The van der Waals surface area contributed by atoms with Crippen LogP contribution < -0.4 is 20.9 Å².